The lowest BCUT2D eigenvalue weighted by Crippen LogP contribution is -2.12. The van der Waals surface area contributed by atoms with E-state index in [1.807, 2.05) is 72.8 Å². The summed E-state index contributed by atoms with van der Waals surface area (Å²) < 4.78 is 8.03. The third-order valence-electron chi connectivity index (χ3n) is 4.35. The van der Waals surface area contributed by atoms with Crippen molar-refractivity contribution < 1.29 is 4.74 Å². The summed E-state index contributed by atoms with van der Waals surface area (Å²) in [5.41, 5.74) is 3.21. The molecule has 0 aliphatic carbocycles. The van der Waals surface area contributed by atoms with Gasteiger partial charge in [-0.3, -0.25) is 0 Å². The summed E-state index contributed by atoms with van der Waals surface area (Å²) in [5.74, 6) is 1.71. The molecule has 0 aliphatic rings. The van der Waals surface area contributed by atoms with E-state index in [4.69, 9.17) is 21.3 Å². The monoisotopic (exact) mass is 377 g/mol. The van der Waals surface area contributed by atoms with Crippen LogP contribution in [0.15, 0.2) is 78.9 Å². The Morgan fingerprint density at radius 3 is 2.44 bits per heavy atom. The van der Waals surface area contributed by atoms with Crippen LogP contribution in [0.1, 0.15) is 5.56 Å². The summed E-state index contributed by atoms with van der Waals surface area (Å²) in [4.78, 5) is 4.74. The Bertz CT molecular complexity index is 1010. The quantitative estimate of drug-likeness (QED) is 0.470. The first-order chi connectivity index (χ1) is 13.3. The molecule has 4 rings (SSSR count). The number of aromatic nitrogens is 2. The number of nitrogens with zero attached hydrogens (tertiary/aromatic N) is 2. The molecular weight excluding hydrogens is 358 g/mol. The van der Waals surface area contributed by atoms with Crippen LogP contribution in [0.25, 0.3) is 11.0 Å². The smallest absolute Gasteiger partial charge is 0.204 e. The third-order valence-corrected chi connectivity index (χ3v) is 4.60. The van der Waals surface area contributed by atoms with Crippen molar-refractivity contribution >= 4 is 28.6 Å². The molecule has 1 N–H and O–H groups in total. The van der Waals surface area contributed by atoms with E-state index < -0.39 is 0 Å². The van der Waals surface area contributed by atoms with E-state index in [1.165, 1.54) is 0 Å². The molecule has 4 aromatic rings. The van der Waals surface area contributed by atoms with Gasteiger partial charge in [-0.05, 0) is 42.0 Å². The molecule has 0 bridgehead atoms. The maximum absolute atomic E-state index is 5.96. The first kappa shape index (κ1) is 17.4. The van der Waals surface area contributed by atoms with Gasteiger partial charge < -0.3 is 14.6 Å². The normalized spacial score (nSPS) is 10.9. The zero-order valence-electron chi connectivity index (χ0n) is 14.8. The minimum Gasteiger partial charge on any atom is -0.492 e. The maximum atomic E-state index is 5.96. The summed E-state index contributed by atoms with van der Waals surface area (Å²) in [6.07, 6.45) is 0. The van der Waals surface area contributed by atoms with Crippen molar-refractivity contribution in [3.63, 3.8) is 0 Å². The Balaban J connectivity index is 1.50. The fourth-order valence-electron chi connectivity index (χ4n) is 2.99. The average molecular weight is 378 g/mol. The molecule has 3 aromatic carbocycles. The van der Waals surface area contributed by atoms with E-state index in [9.17, 15) is 0 Å². The Labute approximate surface area is 163 Å². The molecule has 0 saturated heterocycles. The van der Waals surface area contributed by atoms with Gasteiger partial charge in [0, 0.05) is 11.6 Å². The number of fused-ring (bicyclic) bond motifs is 1. The fourth-order valence-corrected chi connectivity index (χ4v) is 3.12. The number of hydrogen-bond donors (Lipinski definition) is 1. The van der Waals surface area contributed by atoms with Gasteiger partial charge in [0.25, 0.3) is 0 Å². The Hall–Kier alpha value is -2.98. The van der Waals surface area contributed by atoms with Crippen LogP contribution in [0.5, 0.6) is 5.75 Å². The van der Waals surface area contributed by atoms with Crippen molar-refractivity contribution in [3.8, 4) is 5.75 Å². The van der Waals surface area contributed by atoms with Gasteiger partial charge in [0.1, 0.15) is 12.4 Å². The predicted molar refractivity (Wildman–Crippen MR) is 110 cm³/mol. The van der Waals surface area contributed by atoms with Crippen molar-refractivity contribution in [2.75, 3.05) is 11.9 Å². The van der Waals surface area contributed by atoms with E-state index in [0.717, 1.165) is 33.3 Å². The van der Waals surface area contributed by atoms with Gasteiger partial charge in [-0.15, -0.1) is 0 Å². The minimum absolute atomic E-state index is 0.569. The Morgan fingerprint density at radius 2 is 1.63 bits per heavy atom. The van der Waals surface area contributed by atoms with E-state index in [2.05, 4.69) is 16.0 Å². The lowest BCUT2D eigenvalue weighted by atomic mass is 10.2. The van der Waals surface area contributed by atoms with Crippen molar-refractivity contribution in [3.05, 3.63) is 89.4 Å². The molecule has 136 valence electrons. The van der Waals surface area contributed by atoms with Crippen molar-refractivity contribution in [1.82, 2.24) is 9.55 Å². The molecule has 27 heavy (non-hydrogen) atoms. The summed E-state index contributed by atoms with van der Waals surface area (Å²) >= 11 is 5.96. The van der Waals surface area contributed by atoms with Crippen LogP contribution in [-0.4, -0.2) is 16.2 Å². The van der Waals surface area contributed by atoms with Crippen LogP contribution < -0.4 is 10.1 Å². The number of nitrogens with one attached hydrogen (secondary N) is 1. The molecular formula is C22H20ClN3O. The van der Waals surface area contributed by atoms with E-state index in [0.29, 0.717) is 19.7 Å². The molecule has 0 spiro atoms. The lowest BCUT2D eigenvalue weighted by molar-refractivity contribution is 0.301. The number of ether oxygens (including phenoxy) is 1. The van der Waals surface area contributed by atoms with Crippen LogP contribution in [0.3, 0.4) is 0 Å². The summed E-state index contributed by atoms with van der Waals surface area (Å²) in [7, 11) is 0. The molecule has 0 fully saturated rings. The molecule has 0 radical (unpaired) electrons. The number of hydrogen-bond acceptors (Lipinski definition) is 3. The molecule has 0 aliphatic heterocycles. The van der Waals surface area contributed by atoms with Crippen LogP contribution in [0.2, 0.25) is 5.02 Å². The highest BCUT2D eigenvalue weighted by Crippen LogP contribution is 2.21. The third kappa shape index (κ3) is 4.23. The zero-order valence-corrected chi connectivity index (χ0v) is 15.6. The van der Waals surface area contributed by atoms with E-state index in [1.54, 1.807) is 0 Å². The second kappa shape index (κ2) is 8.14. The molecule has 1 aromatic heterocycles. The molecule has 1 heterocycles. The van der Waals surface area contributed by atoms with Gasteiger partial charge in [0.15, 0.2) is 0 Å². The number of para-hydroxylation sites is 3. The minimum atomic E-state index is 0.569. The molecule has 0 saturated carbocycles. The number of benzene rings is 3. The lowest BCUT2D eigenvalue weighted by Gasteiger charge is -2.12. The molecule has 4 nitrogen and oxygen atoms in total. The van der Waals surface area contributed by atoms with Crippen LogP contribution >= 0.6 is 11.6 Å². The first-order valence-corrected chi connectivity index (χ1v) is 9.29. The number of rotatable bonds is 7. The summed E-state index contributed by atoms with van der Waals surface area (Å²) in [6, 6.07) is 25.8. The summed E-state index contributed by atoms with van der Waals surface area (Å²) in [6.45, 7) is 1.96. The fraction of sp³-hybridized carbons (Fsp3) is 0.136. The Morgan fingerprint density at radius 1 is 0.889 bits per heavy atom. The number of halogens is 1. The maximum Gasteiger partial charge on any atom is 0.204 e. The van der Waals surface area contributed by atoms with Crippen molar-refractivity contribution in [1.29, 1.82) is 0 Å². The van der Waals surface area contributed by atoms with Gasteiger partial charge in [0.2, 0.25) is 5.95 Å². The van der Waals surface area contributed by atoms with Gasteiger partial charge in [0.05, 0.1) is 17.6 Å². The standard InChI is InChI=1S/C22H20ClN3O/c23-18-12-10-17(11-13-18)16-24-22-25-20-8-4-5-9-21(20)26(22)14-15-27-19-6-2-1-3-7-19/h1-13H,14-16H2,(H,24,25). The first-order valence-electron chi connectivity index (χ1n) is 8.91. The van der Waals surface area contributed by atoms with Gasteiger partial charge in [-0.25, -0.2) is 4.98 Å². The second-order valence-electron chi connectivity index (χ2n) is 6.22. The molecule has 5 heteroatoms. The molecule has 0 atom stereocenters. The number of imidazole rings is 1. The van der Waals surface area contributed by atoms with E-state index in [-0.39, 0.29) is 0 Å². The van der Waals surface area contributed by atoms with Crippen LogP contribution in [-0.2, 0) is 13.1 Å². The highest BCUT2D eigenvalue weighted by molar-refractivity contribution is 6.30. The highest BCUT2D eigenvalue weighted by atomic mass is 35.5. The number of anilines is 1. The SMILES string of the molecule is Clc1ccc(CNc2nc3ccccc3n2CCOc2ccccc2)cc1. The predicted octanol–water partition coefficient (Wildman–Crippen LogP) is 5.38. The molecule has 0 amide bonds. The van der Waals surface area contributed by atoms with Crippen molar-refractivity contribution in [2.45, 2.75) is 13.1 Å². The highest BCUT2D eigenvalue weighted by Gasteiger charge is 2.10. The molecule has 0 unspecified atom stereocenters. The zero-order chi connectivity index (χ0) is 18.5. The largest absolute Gasteiger partial charge is 0.492 e. The second-order valence-corrected chi connectivity index (χ2v) is 6.65. The Kier molecular flexibility index (Phi) is 5.26. The van der Waals surface area contributed by atoms with Gasteiger partial charge >= 0.3 is 0 Å². The van der Waals surface area contributed by atoms with Crippen LogP contribution in [0.4, 0.5) is 5.95 Å². The van der Waals surface area contributed by atoms with Crippen LogP contribution in [0, 0.1) is 0 Å². The average Bonchev–Trinajstić information content (AvgIpc) is 3.06. The van der Waals surface area contributed by atoms with Gasteiger partial charge in [-0.1, -0.05) is 54.1 Å². The topological polar surface area (TPSA) is 39.1 Å². The van der Waals surface area contributed by atoms with E-state index >= 15 is 0 Å². The van der Waals surface area contributed by atoms with Crippen molar-refractivity contribution in [2.24, 2.45) is 0 Å². The summed E-state index contributed by atoms with van der Waals surface area (Å²) in [5, 5.41) is 4.18. The van der Waals surface area contributed by atoms with Gasteiger partial charge in [-0.2, -0.15) is 0 Å².